The lowest BCUT2D eigenvalue weighted by Gasteiger charge is -2.32. The van der Waals surface area contributed by atoms with E-state index < -0.39 is 11.3 Å². The van der Waals surface area contributed by atoms with Gasteiger partial charge in [0.15, 0.2) is 11.5 Å². The van der Waals surface area contributed by atoms with Crippen LogP contribution in [0.25, 0.3) is 22.2 Å². The van der Waals surface area contributed by atoms with Gasteiger partial charge in [0.1, 0.15) is 0 Å². The molecule has 40 heavy (non-hydrogen) atoms. The van der Waals surface area contributed by atoms with Gasteiger partial charge in [-0.3, -0.25) is 9.11 Å². The summed E-state index contributed by atoms with van der Waals surface area (Å²) in [4.78, 5) is 6.19. The zero-order valence-corrected chi connectivity index (χ0v) is 24.5. The molecule has 1 aliphatic rings. The van der Waals surface area contributed by atoms with Crippen molar-refractivity contribution in [3.8, 4) is 22.8 Å². The van der Waals surface area contributed by atoms with Crippen LogP contribution >= 0.6 is 0 Å². The van der Waals surface area contributed by atoms with E-state index in [0.29, 0.717) is 18.4 Å². The Labute approximate surface area is 239 Å². The van der Waals surface area contributed by atoms with Gasteiger partial charge < -0.3 is 19.0 Å². The summed E-state index contributed by atoms with van der Waals surface area (Å²) >= 11 is -2.25. The van der Waals surface area contributed by atoms with Crippen molar-refractivity contribution in [3.63, 3.8) is 0 Å². The molecule has 212 valence electrons. The quantitative estimate of drug-likeness (QED) is 0.224. The van der Waals surface area contributed by atoms with Crippen LogP contribution in [0.5, 0.6) is 11.5 Å². The molecule has 0 amide bonds. The molecule has 1 aliphatic heterocycles. The number of fused-ring (bicyclic) bond motifs is 1. The topological polar surface area (TPSA) is 89.7 Å². The second-order valence-electron chi connectivity index (χ2n) is 10.9. The van der Waals surface area contributed by atoms with Crippen LogP contribution < -0.4 is 14.2 Å². The summed E-state index contributed by atoms with van der Waals surface area (Å²) in [6.45, 7) is 7.78. The Morgan fingerprint density at radius 1 is 1.00 bits per heavy atom. The van der Waals surface area contributed by atoms with Gasteiger partial charge in [-0.05, 0) is 90.4 Å². The van der Waals surface area contributed by atoms with Crippen LogP contribution in [-0.4, -0.2) is 46.0 Å². The lowest BCUT2D eigenvalue weighted by Crippen LogP contribution is -2.32. The molecule has 1 fully saturated rings. The molecule has 0 spiro atoms. The lowest BCUT2D eigenvalue weighted by molar-refractivity contribution is 0.204. The highest BCUT2D eigenvalue weighted by Gasteiger charge is 2.23. The summed E-state index contributed by atoms with van der Waals surface area (Å²) in [6, 6.07) is 21.2. The number of benzene rings is 3. The lowest BCUT2D eigenvalue weighted by atomic mass is 9.87. The maximum Gasteiger partial charge on any atom is 0.161 e. The van der Waals surface area contributed by atoms with Crippen LogP contribution in [0, 0.1) is 0 Å². The van der Waals surface area contributed by atoms with Crippen LogP contribution in [0.4, 0.5) is 0 Å². The number of ether oxygens (including phenoxy) is 2. The van der Waals surface area contributed by atoms with Gasteiger partial charge in [-0.25, -0.2) is 4.72 Å². The molecule has 5 rings (SSSR count). The fourth-order valence-electron chi connectivity index (χ4n) is 5.97. The Kier molecular flexibility index (Phi) is 8.90. The number of piperidine rings is 1. The fourth-order valence-corrected chi connectivity index (χ4v) is 6.25. The third-order valence-corrected chi connectivity index (χ3v) is 8.34. The van der Waals surface area contributed by atoms with Crippen LogP contribution in [0.3, 0.4) is 0 Å². The number of aromatic amines is 1. The van der Waals surface area contributed by atoms with E-state index in [9.17, 15) is 8.76 Å². The Morgan fingerprint density at radius 2 is 1.75 bits per heavy atom. The maximum absolute atomic E-state index is 10.8. The SMILES string of the molecule is COc1ccc(-c2[nH]c3ccc(C4CCN(Cc5cccc(CNS(=O)[O-])c5)CC4)cc3c2C(C)C)cc1OC. The Bertz CT molecular complexity index is 1490. The summed E-state index contributed by atoms with van der Waals surface area (Å²) in [5, 5.41) is 1.30. The number of H-pyrrole nitrogens is 1. The molecule has 8 heteroatoms. The molecule has 0 bridgehead atoms. The number of aromatic nitrogens is 1. The van der Waals surface area contributed by atoms with Crippen LogP contribution in [0.2, 0.25) is 0 Å². The van der Waals surface area contributed by atoms with Gasteiger partial charge in [-0.2, -0.15) is 0 Å². The molecule has 7 nitrogen and oxygen atoms in total. The van der Waals surface area contributed by atoms with Gasteiger partial charge in [-0.15, -0.1) is 0 Å². The predicted octanol–water partition coefficient (Wildman–Crippen LogP) is 6.24. The smallest absolute Gasteiger partial charge is 0.161 e. The van der Waals surface area contributed by atoms with E-state index >= 15 is 0 Å². The molecule has 2 N–H and O–H groups in total. The van der Waals surface area contributed by atoms with Crippen molar-refractivity contribution in [1.82, 2.24) is 14.6 Å². The fraction of sp³-hybridized carbons (Fsp3) is 0.375. The van der Waals surface area contributed by atoms with Crippen molar-refractivity contribution in [2.24, 2.45) is 0 Å². The Hall–Kier alpha value is -3.17. The minimum atomic E-state index is -2.25. The second kappa shape index (κ2) is 12.6. The van der Waals surface area contributed by atoms with E-state index in [0.717, 1.165) is 66.3 Å². The number of methoxy groups -OCH3 is 2. The van der Waals surface area contributed by atoms with Crippen molar-refractivity contribution >= 4 is 22.2 Å². The van der Waals surface area contributed by atoms with Crippen LogP contribution in [0.1, 0.15) is 60.8 Å². The molecule has 1 atom stereocenters. The first-order valence-electron chi connectivity index (χ1n) is 13.9. The van der Waals surface area contributed by atoms with E-state index in [1.807, 2.05) is 24.3 Å². The summed E-state index contributed by atoms with van der Waals surface area (Å²) in [5.74, 6) is 2.34. The van der Waals surface area contributed by atoms with Gasteiger partial charge in [-0.1, -0.05) is 44.2 Å². The summed E-state index contributed by atoms with van der Waals surface area (Å²) in [7, 11) is 3.33. The van der Waals surface area contributed by atoms with Gasteiger partial charge in [0, 0.05) is 40.8 Å². The molecule has 3 aromatic carbocycles. The molecule has 1 saturated heterocycles. The van der Waals surface area contributed by atoms with E-state index in [-0.39, 0.29) is 0 Å². The van der Waals surface area contributed by atoms with Crippen molar-refractivity contribution in [3.05, 3.63) is 82.9 Å². The van der Waals surface area contributed by atoms with E-state index in [1.165, 1.54) is 22.1 Å². The standard InChI is InChI=1S/C32H39N3O4S/c1-21(2)31-27-17-25(8-10-28(27)34-32(31)26-9-11-29(38-3)30(18-26)39-4)24-12-14-35(15-13-24)20-23-7-5-6-22(16-23)19-33-40(36)37/h5-11,16-18,21,24,33-34H,12-15,19-20H2,1-4H3,(H,36,37)/p-1. The van der Waals surface area contributed by atoms with Crippen LogP contribution in [-0.2, 0) is 24.4 Å². The zero-order chi connectivity index (χ0) is 28.2. The Balaban J connectivity index is 1.32. The van der Waals surface area contributed by atoms with Crippen molar-refractivity contribution in [2.75, 3.05) is 27.3 Å². The number of likely N-dealkylation sites (tertiary alicyclic amines) is 1. The highest BCUT2D eigenvalue weighted by molar-refractivity contribution is 7.77. The summed E-state index contributed by atoms with van der Waals surface area (Å²) in [5.41, 5.74) is 8.31. The van der Waals surface area contributed by atoms with Gasteiger partial charge in [0.05, 0.1) is 19.9 Å². The average molecular weight is 561 g/mol. The molecular formula is C32H38N3O4S-. The molecule has 4 aromatic rings. The summed E-state index contributed by atoms with van der Waals surface area (Å²) in [6.07, 6.45) is 2.23. The molecular weight excluding hydrogens is 522 g/mol. The molecule has 1 unspecified atom stereocenters. The van der Waals surface area contributed by atoms with Gasteiger partial charge in [0.2, 0.25) is 0 Å². The number of nitrogens with zero attached hydrogens (tertiary/aromatic N) is 1. The normalized spacial score (nSPS) is 15.6. The molecule has 0 radical (unpaired) electrons. The maximum atomic E-state index is 10.8. The number of hydrogen-bond acceptors (Lipinski definition) is 5. The minimum absolute atomic E-state index is 0.319. The van der Waals surface area contributed by atoms with Crippen molar-refractivity contribution < 1.29 is 18.2 Å². The first kappa shape index (κ1) is 28.4. The van der Waals surface area contributed by atoms with E-state index in [1.54, 1.807) is 14.2 Å². The number of hydrogen-bond donors (Lipinski definition) is 2. The average Bonchev–Trinajstić information content (AvgIpc) is 3.35. The third kappa shape index (κ3) is 6.25. The highest BCUT2D eigenvalue weighted by atomic mass is 32.2. The summed E-state index contributed by atoms with van der Waals surface area (Å²) < 4.78 is 35.1. The second-order valence-corrected chi connectivity index (χ2v) is 11.6. The van der Waals surface area contributed by atoms with Crippen LogP contribution in [0.15, 0.2) is 60.7 Å². The third-order valence-electron chi connectivity index (χ3n) is 7.96. The highest BCUT2D eigenvalue weighted by Crippen LogP contribution is 2.40. The molecule has 0 aliphatic carbocycles. The van der Waals surface area contributed by atoms with Crippen molar-refractivity contribution in [1.29, 1.82) is 0 Å². The first-order chi connectivity index (χ1) is 19.4. The number of rotatable bonds is 10. The predicted molar refractivity (Wildman–Crippen MR) is 160 cm³/mol. The van der Waals surface area contributed by atoms with Gasteiger partial charge in [0.25, 0.3) is 0 Å². The zero-order valence-electron chi connectivity index (χ0n) is 23.7. The minimum Gasteiger partial charge on any atom is -0.760 e. The first-order valence-corrected chi connectivity index (χ1v) is 14.9. The molecule has 2 heterocycles. The largest absolute Gasteiger partial charge is 0.760 e. The monoisotopic (exact) mass is 560 g/mol. The Morgan fingerprint density at radius 3 is 2.45 bits per heavy atom. The molecule has 1 aromatic heterocycles. The van der Waals surface area contributed by atoms with E-state index in [4.69, 9.17) is 9.47 Å². The van der Waals surface area contributed by atoms with Gasteiger partial charge >= 0.3 is 0 Å². The molecule has 0 saturated carbocycles. The number of nitrogens with one attached hydrogen (secondary N) is 2. The van der Waals surface area contributed by atoms with Crippen molar-refractivity contribution in [2.45, 2.75) is 51.6 Å². The van der Waals surface area contributed by atoms with E-state index in [2.05, 4.69) is 64.9 Å².